The molecule has 7 nitrogen and oxygen atoms in total. The number of carbonyl (C=O) groups excluding carboxylic acids is 2. The first kappa shape index (κ1) is 18.4. The number of hydrogen-bond acceptors (Lipinski definition) is 5. The second-order valence-corrected chi connectivity index (χ2v) is 7.58. The molecule has 1 fully saturated rings. The van der Waals surface area contributed by atoms with Crippen molar-refractivity contribution in [2.24, 2.45) is 0 Å². The highest BCUT2D eigenvalue weighted by Crippen LogP contribution is 2.27. The van der Waals surface area contributed by atoms with Gasteiger partial charge in [0.1, 0.15) is 11.6 Å². The molecule has 26 heavy (non-hydrogen) atoms. The maximum Gasteiger partial charge on any atom is 0.321 e. The van der Waals surface area contributed by atoms with Crippen LogP contribution in [0.25, 0.3) is 5.69 Å². The summed E-state index contributed by atoms with van der Waals surface area (Å²) in [6.45, 7) is 4.19. The van der Waals surface area contributed by atoms with Gasteiger partial charge in [-0.15, -0.1) is 10.2 Å². The van der Waals surface area contributed by atoms with E-state index in [-0.39, 0.29) is 24.2 Å². The van der Waals surface area contributed by atoms with Gasteiger partial charge in [-0.2, -0.15) is 0 Å². The highest BCUT2D eigenvalue weighted by Gasteiger charge is 2.27. The van der Waals surface area contributed by atoms with Gasteiger partial charge in [0.05, 0.1) is 0 Å². The van der Waals surface area contributed by atoms with E-state index in [1.807, 2.05) is 4.57 Å². The quantitative estimate of drug-likeness (QED) is 0.755. The van der Waals surface area contributed by atoms with Crippen molar-refractivity contribution >= 4 is 23.7 Å². The largest absolute Gasteiger partial charge is 0.334 e. The predicted octanol–water partition coefficient (Wildman–Crippen LogP) is 2.44. The van der Waals surface area contributed by atoms with Gasteiger partial charge in [0.25, 0.3) is 0 Å². The molecule has 2 atom stereocenters. The molecule has 0 spiro atoms. The number of amides is 3. The first-order valence-corrected chi connectivity index (χ1v) is 9.31. The molecule has 1 aliphatic heterocycles. The third-order valence-corrected chi connectivity index (χ3v) is 5.33. The van der Waals surface area contributed by atoms with E-state index in [2.05, 4.69) is 34.7 Å². The molecule has 1 aromatic heterocycles. The number of rotatable bonds is 6. The average molecular weight is 377 g/mol. The molecule has 138 valence electrons. The Bertz CT molecular complexity index is 792. The van der Waals surface area contributed by atoms with Crippen LogP contribution in [-0.2, 0) is 11.2 Å². The molecule has 0 saturated carbocycles. The minimum Gasteiger partial charge on any atom is -0.334 e. The first-order chi connectivity index (χ1) is 12.5. The Morgan fingerprint density at radius 1 is 1.31 bits per heavy atom. The molecule has 1 aliphatic rings. The molecular formula is C17H20FN5O2S. The van der Waals surface area contributed by atoms with Gasteiger partial charge in [0.2, 0.25) is 5.91 Å². The molecule has 2 heterocycles. The molecule has 0 aliphatic carbocycles. The van der Waals surface area contributed by atoms with E-state index in [0.29, 0.717) is 22.7 Å². The van der Waals surface area contributed by atoms with Crippen LogP contribution >= 0.6 is 11.8 Å². The topological polar surface area (TPSA) is 88.9 Å². The number of imide groups is 1. The lowest BCUT2D eigenvalue weighted by molar-refractivity contribution is -0.121. The second-order valence-electron chi connectivity index (χ2n) is 6.17. The Hall–Kier alpha value is -2.42. The molecule has 3 rings (SSSR count). The lowest BCUT2D eigenvalue weighted by Crippen LogP contribution is -2.53. The zero-order valence-electron chi connectivity index (χ0n) is 14.5. The van der Waals surface area contributed by atoms with E-state index >= 15 is 0 Å². The molecule has 1 aromatic carbocycles. The van der Waals surface area contributed by atoms with Crippen LogP contribution in [0.2, 0.25) is 0 Å². The molecule has 2 aromatic rings. The number of carbonyl (C=O) groups is 2. The lowest BCUT2D eigenvalue weighted by atomic mass is 10.1. The Labute approximate surface area is 154 Å². The van der Waals surface area contributed by atoms with Gasteiger partial charge >= 0.3 is 6.03 Å². The summed E-state index contributed by atoms with van der Waals surface area (Å²) in [5.74, 6) is -0.0288. The number of aromatic nitrogens is 3. The Balaban J connectivity index is 1.92. The highest BCUT2D eigenvalue weighted by molar-refractivity contribution is 7.99. The number of urea groups is 1. The van der Waals surface area contributed by atoms with Crippen molar-refractivity contribution in [2.75, 3.05) is 0 Å². The van der Waals surface area contributed by atoms with Crippen LogP contribution in [0.5, 0.6) is 0 Å². The SMILES string of the molecule is CCC(C)Sc1nnc(CC2CC(=O)NC(=O)N2)n1-c1ccc(F)cc1. The predicted molar refractivity (Wildman–Crippen MR) is 95.7 cm³/mol. The van der Waals surface area contributed by atoms with Gasteiger partial charge in [0.15, 0.2) is 5.16 Å². The third kappa shape index (κ3) is 4.21. The normalized spacial score (nSPS) is 18.3. The van der Waals surface area contributed by atoms with Crippen molar-refractivity contribution in [2.45, 2.75) is 49.6 Å². The zero-order valence-corrected chi connectivity index (χ0v) is 15.3. The van der Waals surface area contributed by atoms with Crippen LogP contribution in [0.1, 0.15) is 32.5 Å². The summed E-state index contributed by atoms with van der Waals surface area (Å²) in [7, 11) is 0. The Kier molecular flexibility index (Phi) is 5.55. The van der Waals surface area contributed by atoms with Crippen molar-refractivity contribution in [1.29, 1.82) is 0 Å². The molecule has 2 N–H and O–H groups in total. The maximum absolute atomic E-state index is 13.3. The smallest absolute Gasteiger partial charge is 0.321 e. The second kappa shape index (κ2) is 7.86. The third-order valence-electron chi connectivity index (χ3n) is 4.12. The zero-order chi connectivity index (χ0) is 18.7. The Morgan fingerprint density at radius 2 is 2.04 bits per heavy atom. The van der Waals surface area contributed by atoms with E-state index in [0.717, 1.165) is 12.1 Å². The summed E-state index contributed by atoms with van der Waals surface area (Å²) in [6.07, 6.45) is 1.50. The van der Waals surface area contributed by atoms with E-state index in [4.69, 9.17) is 0 Å². The molecule has 3 amide bonds. The minimum absolute atomic E-state index is 0.176. The van der Waals surface area contributed by atoms with Gasteiger partial charge in [0, 0.05) is 29.8 Å². The summed E-state index contributed by atoms with van der Waals surface area (Å²) in [6, 6.07) is 5.22. The molecule has 9 heteroatoms. The molecule has 1 saturated heterocycles. The van der Waals surface area contributed by atoms with Crippen LogP contribution < -0.4 is 10.6 Å². The van der Waals surface area contributed by atoms with Gasteiger partial charge < -0.3 is 5.32 Å². The van der Waals surface area contributed by atoms with Crippen LogP contribution in [-0.4, -0.2) is 38.0 Å². The monoisotopic (exact) mass is 377 g/mol. The van der Waals surface area contributed by atoms with E-state index in [1.54, 1.807) is 23.9 Å². The number of nitrogens with one attached hydrogen (secondary N) is 2. The number of halogens is 1. The van der Waals surface area contributed by atoms with Gasteiger partial charge in [-0.05, 0) is 30.7 Å². The number of benzene rings is 1. The molecule has 2 unspecified atom stereocenters. The summed E-state index contributed by atoms with van der Waals surface area (Å²) in [4.78, 5) is 23.1. The van der Waals surface area contributed by atoms with E-state index in [1.165, 1.54) is 12.1 Å². The fourth-order valence-electron chi connectivity index (χ4n) is 2.64. The summed E-state index contributed by atoms with van der Waals surface area (Å²) < 4.78 is 15.2. The van der Waals surface area contributed by atoms with E-state index in [9.17, 15) is 14.0 Å². The summed E-state index contributed by atoms with van der Waals surface area (Å²) in [5.41, 5.74) is 0.740. The van der Waals surface area contributed by atoms with Gasteiger partial charge in [-0.25, -0.2) is 9.18 Å². The minimum atomic E-state index is -0.506. The molecule has 0 radical (unpaired) electrons. The standard InChI is InChI=1S/C17H20FN5O2S/c1-3-10(2)26-17-22-21-14(8-12-9-15(24)20-16(25)19-12)23(17)13-6-4-11(18)5-7-13/h4-7,10,12H,3,8-9H2,1-2H3,(H2,19,20,24,25). The van der Waals surface area contributed by atoms with Crippen LogP contribution in [0.15, 0.2) is 29.4 Å². The summed E-state index contributed by atoms with van der Waals surface area (Å²) in [5, 5.41) is 14.5. The Morgan fingerprint density at radius 3 is 2.69 bits per heavy atom. The lowest BCUT2D eigenvalue weighted by Gasteiger charge is -2.23. The number of hydrogen-bond donors (Lipinski definition) is 2. The van der Waals surface area contributed by atoms with Crippen molar-refractivity contribution in [1.82, 2.24) is 25.4 Å². The average Bonchev–Trinajstić information content (AvgIpc) is 2.96. The van der Waals surface area contributed by atoms with Crippen molar-refractivity contribution in [3.05, 3.63) is 35.9 Å². The number of nitrogens with zero attached hydrogens (tertiary/aromatic N) is 3. The van der Waals surface area contributed by atoms with Crippen molar-refractivity contribution < 1.29 is 14.0 Å². The fourth-order valence-corrected chi connectivity index (χ4v) is 3.57. The van der Waals surface area contributed by atoms with Gasteiger partial charge in [-0.1, -0.05) is 25.6 Å². The fraction of sp³-hybridized carbons (Fsp3) is 0.412. The first-order valence-electron chi connectivity index (χ1n) is 8.43. The van der Waals surface area contributed by atoms with Crippen LogP contribution in [0, 0.1) is 5.82 Å². The van der Waals surface area contributed by atoms with Gasteiger partial charge in [-0.3, -0.25) is 14.7 Å². The number of thioether (sulfide) groups is 1. The maximum atomic E-state index is 13.3. The van der Waals surface area contributed by atoms with Crippen molar-refractivity contribution in [3.8, 4) is 5.69 Å². The van der Waals surface area contributed by atoms with Crippen LogP contribution in [0.4, 0.5) is 9.18 Å². The van der Waals surface area contributed by atoms with Crippen LogP contribution in [0.3, 0.4) is 0 Å². The highest BCUT2D eigenvalue weighted by atomic mass is 32.2. The van der Waals surface area contributed by atoms with E-state index < -0.39 is 6.03 Å². The molecular weight excluding hydrogens is 357 g/mol. The summed E-state index contributed by atoms with van der Waals surface area (Å²) >= 11 is 1.58. The molecule has 0 bridgehead atoms. The van der Waals surface area contributed by atoms with Crippen molar-refractivity contribution in [3.63, 3.8) is 0 Å².